The normalized spacial score (nSPS) is 10.4. The van der Waals surface area contributed by atoms with Gasteiger partial charge in [-0.15, -0.1) is 0 Å². The second-order valence-electron chi connectivity index (χ2n) is 4.49. The molecule has 0 saturated carbocycles. The summed E-state index contributed by atoms with van der Waals surface area (Å²) in [6.07, 6.45) is 3.39. The predicted molar refractivity (Wildman–Crippen MR) is 82.4 cm³/mol. The number of anilines is 3. The Bertz CT molecular complexity index is 756. The Labute approximate surface area is 117 Å². The summed E-state index contributed by atoms with van der Waals surface area (Å²) in [5.74, 6) is 0.703. The van der Waals surface area contributed by atoms with E-state index in [9.17, 15) is 0 Å². The molecule has 2 aromatic carbocycles. The maximum Gasteiger partial charge on any atom is 0.139 e. The molecule has 4 nitrogen and oxygen atoms in total. The van der Waals surface area contributed by atoms with Crippen molar-refractivity contribution in [3.8, 4) is 5.75 Å². The van der Waals surface area contributed by atoms with E-state index < -0.39 is 0 Å². The molecule has 0 bridgehead atoms. The molecule has 0 fully saturated rings. The highest BCUT2D eigenvalue weighted by Gasteiger charge is 2.05. The predicted octanol–water partition coefficient (Wildman–Crippen LogP) is 3.57. The van der Waals surface area contributed by atoms with E-state index in [4.69, 9.17) is 10.5 Å². The maximum absolute atomic E-state index is 6.22. The number of nitrogens with zero attached hydrogens (tertiary/aromatic N) is 1. The lowest BCUT2D eigenvalue weighted by atomic mass is 10.1. The third kappa shape index (κ3) is 2.23. The second kappa shape index (κ2) is 5.09. The van der Waals surface area contributed by atoms with Crippen LogP contribution in [0.1, 0.15) is 0 Å². The van der Waals surface area contributed by atoms with Crippen LogP contribution in [0.3, 0.4) is 0 Å². The summed E-state index contributed by atoms with van der Waals surface area (Å²) in [5, 5.41) is 5.43. The molecule has 3 aromatic rings. The largest absolute Gasteiger partial charge is 0.495 e. The van der Waals surface area contributed by atoms with Crippen LogP contribution in [-0.4, -0.2) is 12.1 Å². The Morgan fingerprint density at radius 3 is 2.80 bits per heavy atom. The fourth-order valence-corrected chi connectivity index (χ4v) is 2.16. The van der Waals surface area contributed by atoms with E-state index in [1.807, 2.05) is 42.5 Å². The first kappa shape index (κ1) is 12.3. The lowest BCUT2D eigenvalue weighted by Gasteiger charge is -2.12. The number of pyridine rings is 1. The zero-order valence-corrected chi connectivity index (χ0v) is 11.1. The number of nitrogen functional groups attached to an aromatic ring is 1. The van der Waals surface area contributed by atoms with Crippen LogP contribution in [-0.2, 0) is 0 Å². The van der Waals surface area contributed by atoms with Gasteiger partial charge in [-0.1, -0.05) is 30.3 Å². The average molecular weight is 265 g/mol. The Morgan fingerprint density at radius 1 is 1.10 bits per heavy atom. The van der Waals surface area contributed by atoms with Crippen LogP contribution in [0.4, 0.5) is 17.1 Å². The summed E-state index contributed by atoms with van der Waals surface area (Å²) in [6.45, 7) is 0. The Morgan fingerprint density at radius 2 is 1.95 bits per heavy atom. The fourth-order valence-electron chi connectivity index (χ4n) is 2.16. The number of hydrogen-bond donors (Lipinski definition) is 2. The number of nitrogens with two attached hydrogens (primary N) is 1. The molecular weight excluding hydrogens is 250 g/mol. The minimum atomic E-state index is 0.703. The molecular formula is C16H15N3O. The van der Waals surface area contributed by atoms with Gasteiger partial charge in [-0.3, -0.25) is 4.98 Å². The average Bonchev–Trinajstić information content (AvgIpc) is 2.50. The summed E-state index contributed by atoms with van der Waals surface area (Å²) in [6, 6.07) is 13.9. The highest BCUT2D eigenvalue weighted by molar-refractivity contribution is 5.99. The van der Waals surface area contributed by atoms with Gasteiger partial charge in [0.2, 0.25) is 0 Å². The summed E-state index contributed by atoms with van der Waals surface area (Å²) in [4.78, 5) is 4.12. The first-order valence-corrected chi connectivity index (χ1v) is 6.31. The van der Waals surface area contributed by atoms with Crippen molar-refractivity contribution >= 4 is 27.8 Å². The first-order valence-electron chi connectivity index (χ1n) is 6.31. The molecule has 0 aliphatic carbocycles. The van der Waals surface area contributed by atoms with E-state index in [2.05, 4.69) is 10.3 Å². The zero-order valence-electron chi connectivity index (χ0n) is 11.1. The van der Waals surface area contributed by atoms with Crippen molar-refractivity contribution in [3.05, 3.63) is 54.9 Å². The van der Waals surface area contributed by atoms with Crippen molar-refractivity contribution in [3.63, 3.8) is 0 Å². The molecule has 20 heavy (non-hydrogen) atoms. The van der Waals surface area contributed by atoms with Crippen molar-refractivity contribution in [2.24, 2.45) is 0 Å². The lowest BCUT2D eigenvalue weighted by molar-refractivity contribution is 0.413. The Kier molecular flexibility index (Phi) is 3.13. The summed E-state index contributed by atoms with van der Waals surface area (Å²) < 4.78 is 5.16. The summed E-state index contributed by atoms with van der Waals surface area (Å²) in [7, 11) is 1.62. The second-order valence-corrected chi connectivity index (χ2v) is 4.49. The van der Waals surface area contributed by atoms with Crippen LogP contribution in [0.2, 0.25) is 0 Å². The molecule has 0 radical (unpaired) electrons. The molecule has 0 atom stereocenters. The standard InChI is InChI=1S/C16H15N3O/c1-20-13-8-12(9-18-10-13)19-15-7-6-11-4-2-3-5-14(11)16(15)17/h2-10,19H,17H2,1H3. The zero-order chi connectivity index (χ0) is 13.9. The van der Waals surface area contributed by atoms with E-state index in [1.54, 1.807) is 19.5 Å². The molecule has 0 aliphatic heterocycles. The van der Waals surface area contributed by atoms with Crippen LogP contribution < -0.4 is 15.8 Å². The Hall–Kier alpha value is -2.75. The van der Waals surface area contributed by atoms with Crippen LogP contribution in [0.25, 0.3) is 10.8 Å². The molecule has 3 rings (SSSR count). The molecule has 1 heterocycles. The topological polar surface area (TPSA) is 60.2 Å². The van der Waals surface area contributed by atoms with E-state index in [0.717, 1.165) is 27.8 Å². The SMILES string of the molecule is COc1cncc(Nc2ccc3ccccc3c2N)c1. The number of rotatable bonds is 3. The summed E-state index contributed by atoms with van der Waals surface area (Å²) >= 11 is 0. The van der Waals surface area contributed by atoms with Gasteiger partial charge in [0.25, 0.3) is 0 Å². The number of aromatic nitrogens is 1. The molecule has 0 aliphatic rings. The van der Waals surface area contributed by atoms with Gasteiger partial charge in [0.15, 0.2) is 0 Å². The Balaban J connectivity index is 2.00. The quantitative estimate of drug-likeness (QED) is 0.711. The number of hydrogen-bond acceptors (Lipinski definition) is 4. The van der Waals surface area contributed by atoms with E-state index >= 15 is 0 Å². The van der Waals surface area contributed by atoms with Gasteiger partial charge in [-0.25, -0.2) is 0 Å². The van der Waals surface area contributed by atoms with Gasteiger partial charge in [-0.2, -0.15) is 0 Å². The van der Waals surface area contributed by atoms with Crippen molar-refractivity contribution in [1.29, 1.82) is 0 Å². The molecule has 3 N–H and O–H groups in total. The van der Waals surface area contributed by atoms with E-state index in [1.165, 1.54) is 0 Å². The van der Waals surface area contributed by atoms with Gasteiger partial charge < -0.3 is 15.8 Å². The van der Waals surface area contributed by atoms with Gasteiger partial charge in [0.05, 0.1) is 36.6 Å². The smallest absolute Gasteiger partial charge is 0.139 e. The minimum absolute atomic E-state index is 0.703. The van der Waals surface area contributed by atoms with E-state index in [0.29, 0.717) is 5.75 Å². The number of methoxy groups -OCH3 is 1. The minimum Gasteiger partial charge on any atom is -0.495 e. The fraction of sp³-hybridized carbons (Fsp3) is 0.0625. The molecule has 100 valence electrons. The molecule has 0 spiro atoms. The highest BCUT2D eigenvalue weighted by atomic mass is 16.5. The number of ether oxygens (including phenoxy) is 1. The van der Waals surface area contributed by atoms with E-state index in [-0.39, 0.29) is 0 Å². The third-order valence-electron chi connectivity index (χ3n) is 3.20. The van der Waals surface area contributed by atoms with Crippen LogP contribution in [0.15, 0.2) is 54.9 Å². The highest BCUT2D eigenvalue weighted by Crippen LogP contribution is 2.31. The van der Waals surface area contributed by atoms with Gasteiger partial charge in [0.1, 0.15) is 5.75 Å². The maximum atomic E-state index is 6.22. The van der Waals surface area contributed by atoms with Gasteiger partial charge >= 0.3 is 0 Å². The van der Waals surface area contributed by atoms with Crippen molar-refractivity contribution in [1.82, 2.24) is 4.98 Å². The van der Waals surface area contributed by atoms with Crippen molar-refractivity contribution in [2.75, 3.05) is 18.2 Å². The van der Waals surface area contributed by atoms with Crippen LogP contribution >= 0.6 is 0 Å². The summed E-state index contributed by atoms with van der Waals surface area (Å²) in [5.41, 5.74) is 8.65. The van der Waals surface area contributed by atoms with Crippen LogP contribution in [0.5, 0.6) is 5.75 Å². The number of fused-ring (bicyclic) bond motifs is 1. The van der Waals surface area contributed by atoms with Gasteiger partial charge in [0, 0.05) is 11.5 Å². The molecule has 0 unspecified atom stereocenters. The molecule has 0 saturated heterocycles. The third-order valence-corrected chi connectivity index (χ3v) is 3.20. The van der Waals surface area contributed by atoms with Crippen molar-refractivity contribution < 1.29 is 4.74 Å². The molecule has 4 heteroatoms. The molecule has 1 aromatic heterocycles. The number of benzene rings is 2. The van der Waals surface area contributed by atoms with Gasteiger partial charge in [-0.05, 0) is 11.5 Å². The number of nitrogens with one attached hydrogen (secondary N) is 1. The lowest BCUT2D eigenvalue weighted by Crippen LogP contribution is -1.98. The molecule has 0 amide bonds. The monoisotopic (exact) mass is 265 g/mol. The first-order chi connectivity index (χ1) is 9.78. The van der Waals surface area contributed by atoms with Crippen LogP contribution in [0, 0.1) is 0 Å². The van der Waals surface area contributed by atoms with Crippen molar-refractivity contribution in [2.45, 2.75) is 0 Å².